The zero-order valence-electron chi connectivity index (χ0n) is 4.26. The van der Waals surface area contributed by atoms with Gasteiger partial charge in [0.15, 0.2) is 0 Å². The van der Waals surface area contributed by atoms with Gasteiger partial charge in [-0.25, -0.2) is 0 Å². The van der Waals surface area contributed by atoms with Gasteiger partial charge in [0.25, 0.3) is 0 Å². The van der Waals surface area contributed by atoms with Crippen LogP contribution in [0.5, 0.6) is 0 Å². The molecule has 2 N–H and O–H groups in total. The molecule has 2 nitrogen and oxygen atoms in total. The maximum Gasteiger partial charge on any atom is 0.0688 e. The summed E-state index contributed by atoms with van der Waals surface area (Å²) in [6, 6.07) is 0. The molecular weight excluding hydrogens is 88.1 g/mol. The summed E-state index contributed by atoms with van der Waals surface area (Å²) in [6.45, 7) is 1.90. The van der Waals surface area contributed by atoms with Gasteiger partial charge in [-0.1, -0.05) is 0 Å². The van der Waals surface area contributed by atoms with Gasteiger partial charge < -0.3 is 5.73 Å². The lowest BCUT2D eigenvalue weighted by atomic mass is 10.1. The van der Waals surface area contributed by atoms with Crippen LogP contribution in [0.25, 0.3) is 0 Å². The smallest absolute Gasteiger partial charge is 0.0688 e. The Morgan fingerprint density at radius 1 is 1.71 bits per heavy atom. The van der Waals surface area contributed by atoms with Crippen molar-refractivity contribution in [3.63, 3.8) is 0 Å². The first-order valence-corrected chi connectivity index (χ1v) is 2.22. The minimum Gasteiger partial charge on any atom is -0.318 e. The molecule has 0 saturated carbocycles. The topological polar surface area (TPSA) is 38.4 Å². The summed E-state index contributed by atoms with van der Waals surface area (Å²) in [4.78, 5) is 3.81. The summed E-state index contributed by atoms with van der Waals surface area (Å²) in [6.07, 6.45) is 5.28. The van der Waals surface area contributed by atoms with Crippen LogP contribution >= 0.6 is 0 Å². The molecule has 2 heteroatoms. The number of nitrogens with two attached hydrogens (primary N) is 1. The van der Waals surface area contributed by atoms with Gasteiger partial charge in [-0.2, -0.15) is 0 Å². The molecule has 0 aromatic rings. The first-order chi connectivity index (χ1) is 3.21. The predicted octanol–water partition coefficient (Wildman–Crippen LogP) is 0.302. The molecule has 1 aliphatic rings. The van der Waals surface area contributed by atoms with E-state index in [9.17, 15) is 0 Å². The molecule has 0 unspecified atom stereocenters. The standard InChI is InChI=1S/C5H8N2/c1-5(6)2-3-7-4-5/h2-4H,6H2,1H3/t5-/m1/s1. The Kier molecular flexibility index (Phi) is 0.755. The van der Waals surface area contributed by atoms with Crippen molar-refractivity contribution in [1.29, 1.82) is 0 Å². The van der Waals surface area contributed by atoms with Crippen molar-refractivity contribution in [2.24, 2.45) is 10.7 Å². The monoisotopic (exact) mass is 96.1 g/mol. The van der Waals surface area contributed by atoms with E-state index in [2.05, 4.69) is 4.99 Å². The van der Waals surface area contributed by atoms with E-state index in [1.165, 1.54) is 0 Å². The number of hydrogen-bond acceptors (Lipinski definition) is 2. The molecule has 1 heterocycles. The molecular formula is C5H8N2. The Labute approximate surface area is 42.7 Å². The highest BCUT2D eigenvalue weighted by Gasteiger charge is 2.12. The first kappa shape index (κ1) is 4.53. The third-order valence-corrected chi connectivity index (χ3v) is 0.872. The van der Waals surface area contributed by atoms with E-state index in [0.29, 0.717) is 0 Å². The molecule has 0 amide bonds. The maximum absolute atomic E-state index is 5.54. The van der Waals surface area contributed by atoms with Crippen molar-refractivity contribution in [1.82, 2.24) is 0 Å². The van der Waals surface area contributed by atoms with E-state index in [-0.39, 0.29) is 5.54 Å². The van der Waals surface area contributed by atoms with Gasteiger partial charge >= 0.3 is 0 Å². The van der Waals surface area contributed by atoms with Crippen LogP contribution < -0.4 is 5.73 Å². The average Bonchev–Trinajstić information content (AvgIpc) is 1.84. The Balaban J connectivity index is 2.77. The van der Waals surface area contributed by atoms with Gasteiger partial charge in [0.05, 0.1) is 5.54 Å². The van der Waals surface area contributed by atoms with Crippen LogP contribution in [0.2, 0.25) is 0 Å². The first-order valence-electron chi connectivity index (χ1n) is 2.22. The second-order valence-corrected chi connectivity index (χ2v) is 1.96. The van der Waals surface area contributed by atoms with Gasteiger partial charge in [-0.15, -0.1) is 0 Å². The van der Waals surface area contributed by atoms with Gasteiger partial charge in [-0.05, 0) is 13.0 Å². The molecule has 0 radical (unpaired) electrons. The highest BCUT2D eigenvalue weighted by atomic mass is 14.8. The van der Waals surface area contributed by atoms with Gasteiger partial charge in [0.1, 0.15) is 0 Å². The lowest BCUT2D eigenvalue weighted by Crippen LogP contribution is -2.33. The molecule has 1 atom stereocenters. The number of hydrogen-bond donors (Lipinski definition) is 1. The molecule has 1 rings (SSSR count). The summed E-state index contributed by atoms with van der Waals surface area (Å²) in [5.41, 5.74) is 5.26. The zero-order chi connectivity index (χ0) is 5.33. The molecule has 0 spiro atoms. The van der Waals surface area contributed by atoms with Gasteiger partial charge in [-0.3, -0.25) is 4.99 Å². The molecule has 0 aromatic heterocycles. The van der Waals surface area contributed by atoms with Crippen molar-refractivity contribution < 1.29 is 0 Å². The number of aliphatic imine (C=N–C) groups is 1. The lowest BCUT2D eigenvalue weighted by molar-refractivity contribution is 0.812. The minimum absolute atomic E-state index is 0.278. The van der Waals surface area contributed by atoms with Gasteiger partial charge in [0.2, 0.25) is 0 Å². The summed E-state index contributed by atoms with van der Waals surface area (Å²) in [5.74, 6) is 0. The molecule has 1 aliphatic heterocycles. The molecule has 38 valence electrons. The zero-order valence-corrected chi connectivity index (χ0v) is 4.26. The van der Waals surface area contributed by atoms with Crippen molar-refractivity contribution in [2.75, 3.05) is 0 Å². The second-order valence-electron chi connectivity index (χ2n) is 1.96. The van der Waals surface area contributed by atoms with Crippen molar-refractivity contribution in [2.45, 2.75) is 12.5 Å². The normalized spacial score (nSPS) is 37.4. The van der Waals surface area contributed by atoms with Crippen LogP contribution in [0.3, 0.4) is 0 Å². The fourth-order valence-corrected chi connectivity index (χ4v) is 0.450. The maximum atomic E-state index is 5.54. The van der Waals surface area contributed by atoms with E-state index in [0.717, 1.165) is 0 Å². The highest BCUT2D eigenvalue weighted by Crippen LogP contribution is 2.02. The van der Waals surface area contributed by atoms with Crippen molar-refractivity contribution in [3.8, 4) is 0 Å². The third-order valence-electron chi connectivity index (χ3n) is 0.872. The minimum atomic E-state index is -0.278. The van der Waals surface area contributed by atoms with Crippen LogP contribution in [0.4, 0.5) is 0 Å². The fraction of sp³-hybridized carbons (Fsp3) is 0.400. The van der Waals surface area contributed by atoms with Crippen LogP contribution in [0, 0.1) is 0 Å². The highest BCUT2D eigenvalue weighted by molar-refractivity contribution is 5.75. The number of nitrogens with zero attached hydrogens (tertiary/aromatic N) is 1. The Hall–Kier alpha value is -0.630. The van der Waals surface area contributed by atoms with Crippen molar-refractivity contribution >= 4 is 6.21 Å². The van der Waals surface area contributed by atoms with E-state index < -0.39 is 0 Å². The quantitative estimate of drug-likeness (QED) is 0.463. The average molecular weight is 96.1 g/mol. The molecule has 0 fully saturated rings. The second kappa shape index (κ2) is 1.17. The molecule has 7 heavy (non-hydrogen) atoms. The Bertz CT molecular complexity index is 108. The van der Waals surface area contributed by atoms with E-state index in [4.69, 9.17) is 5.73 Å². The SMILES string of the molecule is C[C@@]1(N)C=CN=C1. The van der Waals surface area contributed by atoms with E-state index in [1.54, 1.807) is 12.4 Å². The molecule has 0 aliphatic carbocycles. The summed E-state index contributed by atoms with van der Waals surface area (Å²) in [7, 11) is 0. The van der Waals surface area contributed by atoms with Crippen LogP contribution in [-0.4, -0.2) is 11.8 Å². The van der Waals surface area contributed by atoms with Crippen LogP contribution in [0.15, 0.2) is 17.3 Å². The van der Waals surface area contributed by atoms with Crippen LogP contribution in [-0.2, 0) is 0 Å². The van der Waals surface area contributed by atoms with Gasteiger partial charge in [0, 0.05) is 12.4 Å². The summed E-state index contributed by atoms with van der Waals surface area (Å²) in [5, 5.41) is 0. The van der Waals surface area contributed by atoms with E-state index >= 15 is 0 Å². The Morgan fingerprint density at radius 2 is 2.43 bits per heavy atom. The molecule has 0 saturated heterocycles. The summed E-state index contributed by atoms with van der Waals surface area (Å²) >= 11 is 0. The van der Waals surface area contributed by atoms with Crippen LogP contribution in [0.1, 0.15) is 6.92 Å². The predicted molar refractivity (Wildman–Crippen MR) is 30.2 cm³/mol. The summed E-state index contributed by atoms with van der Waals surface area (Å²) < 4.78 is 0. The third kappa shape index (κ3) is 0.871. The Morgan fingerprint density at radius 3 is 2.57 bits per heavy atom. The number of rotatable bonds is 0. The largest absolute Gasteiger partial charge is 0.318 e. The van der Waals surface area contributed by atoms with E-state index in [1.807, 2.05) is 13.0 Å². The molecule has 0 aromatic carbocycles. The van der Waals surface area contributed by atoms with Crippen molar-refractivity contribution in [3.05, 3.63) is 12.3 Å². The molecule has 0 bridgehead atoms. The lowest BCUT2D eigenvalue weighted by Gasteiger charge is -2.06. The fourth-order valence-electron chi connectivity index (χ4n) is 0.450.